The molecular weight excluding hydrogens is 364 g/mol. The first-order chi connectivity index (χ1) is 13.5. The van der Waals surface area contributed by atoms with Crippen LogP contribution in [0.3, 0.4) is 0 Å². The zero-order chi connectivity index (χ0) is 19.8. The number of hydrogen-bond donors (Lipinski definition) is 0. The molecule has 1 aliphatic rings. The standard InChI is InChI=1S/C21H16O7/c1-25-19(22)12-9-7-11(8-10-12)15-16-17(28-18(15)21(24)26-2)13-5-3-4-6-14(13)27-20(16)23/h3-10,15,18H,1-2H3. The minimum Gasteiger partial charge on any atom is -0.476 e. The third-order valence-electron chi connectivity index (χ3n) is 4.78. The third-order valence-corrected chi connectivity index (χ3v) is 4.78. The molecule has 0 bridgehead atoms. The van der Waals surface area contributed by atoms with E-state index in [1.807, 2.05) is 0 Å². The van der Waals surface area contributed by atoms with E-state index in [0.29, 0.717) is 27.8 Å². The van der Waals surface area contributed by atoms with Gasteiger partial charge in [-0.15, -0.1) is 0 Å². The number of fused-ring (bicyclic) bond motifs is 3. The van der Waals surface area contributed by atoms with Crippen molar-refractivity contribution in [2.24, 2.45) is 0 Å². The Kier molecular flexibility index (Phi) is 4.35. The second-order valence-electron chi connectivity index (χ2n) is 6.28. The summed E-state index contributed by atoms with van der Waals surface area (Å²) in [5.41, 5.74) is 1.01. The van der Waals surface area contributed by atoms with Gasteiger partial charge in [0.05, 0.1) is 36.7 Å². The zero-order valence-corrected chi connectivity index (χ0v) is 15.1. The van der Waals surface area contributed by atoms with Gasteiger partial charge in [0, 0.05) is 0 Å². The quantitative estimate of drug-likeness (QED) is 0.509. The molecule has 4 rings (SSSR count). The van der Waals surface area contributed by atoms with E-state index in [1.54, 1.807) is 48.5 Å². The molecule has 0 saturated heterocycles. The summed E-state index contributed by atoms with van der Waals surface area (Å²) in [6, 6.07) is 13.4. The van der Waals surface area contributed by atoms with Gasteiger partial charge in [0.1, 0.15) is 11.3 Å². The van der Waals surface area contributed by atoms with E-state index < -0.39 is 29.6 Å². The van der Waals surface area contributed by atoms with Crippen molar-refractivity contribution in [2.75, 3.05) is 14.2 Å². The number of hydrogen-bond acceptors (Lipinski definition) is 7. The van der Waals surface area contributed by atoms with Crippen LogP contribution in [0, 0.1) is 0 Å². The van der Waals surface area contributed by atoms with Gasteiger partial charge in [-0.2, -0.15) is 0 Å². The first-order valence-electron chi connectivity index (χ1n) is 8.53. The molecule has 2 heterocycles. The second-order valence-corrected chi connectivity index (χ2v) is 6.28. The van der Waals surface area contributed by atoms with Crippen LogP contribution in [0.15, 0.2) is 57.7 Å². The lowest BCUT2D eigenvalue weighted by Crippen LogP contribution is -2.31. The highest BCUT2D eigenvalue weighted by atomic mass is 16.6. The number of esters is 2. The Labute approximate surface area is 159 Å². The number of carbonyl (C=O) groups is 2. The van der Waals surface area contributed by atoms with E-state index in [0.717, 1.165) is 0 Å². The Balaban J connectivity index is 1.90. The Morgan fingerprint density at radius 2 is 1.68 bits per heavy atom. The van der Waals surface area contributed by atoms with Crippen LogP contribution in [0.2, 0.25) is 0 Å². The maximum Gasteiger partial charge on any atom is 0.348 e. The summed E-state index contributed by atoms with van der Waals surface area (Å²) in [7, 11) is 2.55. The maximum absolute atomic E-state index is 12.7. The van der Waals surface area contributed by atoms with Crippen molar-refractivity contribution in [3.05, 3.63) is 75.6 Å². The molecule has 0 aliphatic carbocycles. The van der Waals surface area contributed by atoms with Crippen molar-refractivity contribution >= 4 is 22.9 Å². The predicted molar refractivity (Wildman–Crippen MR) is 98.5 cm³/mol. The molecule has 0 spiro atoms. The Morgan fingerprint density at radius 1 is 0.964 bits per heavy atom. The number of carbonyl (C=O) groups excluding carboxylic acids is 2. The molecule has 3 aromatic rings. The van der Waals surface area contributed by atoms with E-state index in [1.165, 1.54) is 14.2 Å². The average molecular weight is 380 g/mol. The molecule has 0 fully saturated rings. The Morgan fingerprint density at radius 3 is 2.36 bits per heavy atom. The van der Waals surface area contributed by atoms with Gasteiger partial charge in [0.25, 0.3) is 0 Å². The fourth-order valence-corrected chi connectivity index (χ4v) is 3.46. The molecule has 0 amide bonds. The summed E-state index contributed by atoms with van der Waals surface area (Å²) in [5, 5.41) is 0.597. The number of methoxy groups -OCH3 is 2. The summed E-state index contributed by atoms with van der Waals surface area (Å²) in [5.74, 6) is -1.51. The number of ether oxygens (including phenoxy) is 3. The molecule has 1 aliphatic heterocycles. The molecule has 2 aromatic carbocycles. The first kappa shape index (κ1) is 17.8. The minimum atomic E-state index is -1.04. The smallest absolute Gasteiger partial charge is 0.348 e. The van der Waals surface area contributed by atoms with Crippen LogP contribution in [-0.4, -0.2) is 32.3 Å². The SMILES string of the molecule is COC(=O)c1ccc(C2c3c(c4ccccc4oc3=O)OC2C(=O)OC)cc1. The third kappa shape index (κ3) is 2.72. The summed E-state index contributed by atoms with van der Waals surface area (Å²) < 4.78 is 20.9. The van der Waals surface area contributed by atoms with Crippen molar-refractivity contribution < 1.29 is 28.2 Å². The van der Waals surface area contributed by atoms with Crippen LogP contribution < -0.4 is 10.4 Å². The van der Waals surface area contributed by atoms with Gasteiger partial charge in [-0.25, -0.2) is 14.4 Å². The zero-order valence-electron chi connectivity index (χ0n) is 15.1. The molecule has 28 heavy (non-hydrogen) atoms. The number of para-hydroxylation sites is 1. The fraction of sp³-hybridized carbons (Fsp3) is 0.190. The van der Waals surface area contributed by atoms with Crippen LogP contribution in [0.1, 0.15) is 27.4 Å². The highest BCUT2D eigenvalue weighted by Gasteiger charge is 2.44. The first-order valence-corrected chi connectivity index (χ1v) is 8.53. The molecule has 2 unspecified atom stereocenters. The normalized spacial score (nSPS) is 17.6. The van der Waals surface area contributed by atoms with Crippen LogP contribution in [0.5, 0.6) is 5.75 Å². The highest BCUT2D eigenvalue weighted by molar-refractivity contribution is 5.90. The van der Waals surface area contributed by atoms with Crippen molar-refractivity contribution in [1.29, 1.82) is 0 Å². The van der Waals surface area contributed by atoms with Gasteiger partial charge < -0.3 is 18.6 Å². The van der Waals surface area contributed by atoms with Gasteiger partial charge in [-0.3, -0.25) is 0 Å². The topological polar surface area (TPSA) is 92.0 Å². The average Bonchev–Trinajstić information content (AvgIpc) is 3.14. The van der Waals surface area contributed by atoms with Gasteiger partial charge in [0.15, 0.2) is 0 Å². The Hall–Kier alpha value is -3.61. The molecule has 7 nitrogen and oxygen atoms in total. The molecular formula is C21H16O7. The van der Waals surface area contributed by atoms with Gasteiger partial charge in [-0.1, -0.05) is 24.3 Å². The van der Waals surface area contributed by atoms with Gasteiger partial charge >= 0.3 is 17.6 Å². The molecule has 142 valence electrons. The molecule has 1 aromatic heterocycles. The van der Waals surface area contributed by atoms with Crippen LogP contribution >= 0.6 is 0 Å². The predicted octanol–water partition coefficient (Wildman–Crippen LogP) is 2.65. The summed E-state index contributed by atoms with van der Waals surface area (Å²) in [6.45, 7) is 0. The van der Waals surface area contributed by atoms with Crippen LogP contribution in [-0.2, 0) is 14.3 Å². The Bertz CT molecular complexity index is 1130. The summed E-state index contributed by atoms with van der Waals surface area (Å²) >= 11 is 0. The number of rotatable bonds is 3. The monoisotopic (exact) mass is 380 g/mol. The second kappa shape index (κ2) is 6.84. The van der Waals surface area contributed by atoms with Crippen molar-refractivity contribution in [3.8, 4) is 5.75 Å². The molecule has 7 heteroatoms. The maximum atomic E-state index is 12.7. The summed E-state index contributed by atoms with van der Waals surface area (Å²) in [6.07, 6.45) is -1.04. The molecule has 0 saturated carbocycles. The highest BCUT2D eigenvalue weighted by Crippen LogP contribution is 2.44. The fourth-order valence-electron chi connectivity index (χ4n) is 3.46. The lowest BCUT2D eigenvalue weighted by Gasteiger charge is -2.17. The largest absolute Gasteiger partial charge is 0.476 e. The van der Waals surface area contributed by atoms with Crippen LogP contribution in [0.4, 0.5) is 0 Å². The van der Waals surface area contributed by atoms with E-state index >= 15 is 0 Å². The van der Waals surface area contributed by atoms with E-state index in [-0.39, 0.29) is 5.56 Å². The van der Waals surface area contributed by atoms with Crippen LogP contribution in [0.25, 0.3) is 11.0 Å². The van der Waals surface area contributed by atoms with E-state index in [4.69, 9.17) is 18.6 Å². The van der Waals surface area contributed by atoms with Crippen molar-refractivity contribution in [2.45, 2.75) is 12.0 Å². The molecule has 0 radical (unpaired) electrons. The summed E-state index contributed by atoms with van der Waals surface area (Å²) in [4.78, 5) is 36.8. The lowest BCUT2D eigenvalue weighted by molar-refractivity contribution is -0.148. The van der Waals surface area contributed by atoms with E-state index in [9.17, 15) is 14.4 Å². The van der Waals surface area contributed by atoms with E-state index in [2.05, 4.69) is 0 Å². The minimum absolute atomic E-state index is 0.250. The number of benzene rings is 2. The van der Waals surface area contributed by atoms with Crippen molar-refractivity contribution in [3.63, 3.8) is 0 Å². The lowest BCUT2D eigenvalue weighted by atomic mass is 9.88. The van der Waals surface area contributed by atoms with Gasteiger partial charge in [0.2, 0.25) is 6.10 Å². The molecule has 2 atom stereocenters. The van der Waals surface area contributed by atoms with Crippen molar-refractivity contribution in [1.82, 2.24) is 0 Å². The molecule has 0 N–H and O–H groups in total. The van der Waals surface area contributed by atoms with Gasteiger partial charge in [-0.05, 0) is 29.8 Å².